The number of hydrogen-bond donors (Lipinski definition) is 2. The molecule has 0 unspecified atom stereocenters. The molecule has 0 aliphatic carbocycles. The molecule has 3 rings (SSSR count). The maximum absolute atomic E-state index is 12.1. The molecule has 0 fully saturated rings. The highest BCUT2D eigenvalue weighted by atomic mass is 32.1. The van der Waals surface area contributed by atoms with E-state index >= 15 is 0 Å². The van der Waals surface area contributed by atoms with Gasteiger partial charge in [-0.1, -0.05) is 53.8 Å². The monoisotopic (exact) mass is 366 g/mol. The van der Waals surface area contributed by atoms with Crippen molar-refractivity contribution in [1.29, 1.82) is 0 Å². The number of thiazole rings is 1. The van der Waals surface area contributed by atoms with Crippen molar-refractivity contribution >= 4 is 28.6 Å². The normalized spacial score (nSPS) is 10.8. The van der Waals surface area contributed by atoms with Gasteiger partial charge in [-0.15, -0.1) is 0 Å². The zero-order valence-corrected chi connectivity index (χ0v) is 15.0. The van der Waals surface area contributed by atoms with Crippen LogP contribution in [-0.2, 0) is 6.61 Å². The van der Waals surface area contributed by atoms with Crippen molar-refractivity contribution in [2.75, 3.05) is 5.73 Å². The number of rotatable bonds is 6. The second-order valence-corrected chi connectivity index (χ2v) is 6.50. The molecule has 3 aromatic rings. The molecule has 0 saturated carbocycles. The van der Waals surface area contributed by atoms with Crippen LogP contribution in [0, 0.1) is 6.92 Å². The molecule has 132 valence electrons. The summed E-state index contributed by atoms with van der Waals surface area (Å²) >= 11 is 1.14. The first kappa shape index (κ1) is 17.6. The molecule has 0 aliphatic rings. The van der Waals surface area contributed by atoms with E-state index < -0.39 is 0 Å². The van der Waals surface area contributed by atoms with Crippen molar-refractivity contribution in [3.05, 3.63) is 76.3 Å². The van der Waals surface area contributed by atoms with Gasteiger partial charge in [-0.25, -0.2) is 10.4 Å². The van der Waals surface area contributed by atoms with E-state index in [9.17, 15) is 4.79 Å². The molecule has 1 amide bonds. The zero-order chi connectivity index (χ0) is 18.4. The number of aromatic nitrogens is 1. The second-order valence-electron chi connectivity index (χ2n) is 5.47. The number of nitrogens with one attached hydrogen (secondary N) is 1. The van der Waals surface area contributed by atoms with Gasteiger partial charge in [-0.3, -0.25) is 4.79 Å². The lowest BCUT2D eigenvalue weighted by Gasteiger charge is -2.08. The van der Waals surface area contributed by atoms with Crippen LogP contribution < -0.4 is 15.9 Å². The lowest BCUT2D eigenvalue weighted by molar-refractivity contribution is 0.0958. The molecular formula is C19H18N4O2S. The summed E-state index contributed by atoms with van der Waals surface area (Å²) < 4.78 is 5.78. The van der Waals surface area contributed by atoms with Gasteiger partial charge in [-0.05, 0) is 24.6 Å². The third-order valence-corrected chi connectivity index (χ3v) is 4.57. The first-order valence-electron chi connectivity index (χ1n) is 7.95. The Morgan fingerprint density at radius 1 is 1.23 bits per heavy atom. The molecule has 2 aromatic carbocycles. The van der Waals surface area contributed by atoms with E-state index in [1.807, 2.05) is 54.6 Å². The molecule has 1 aromatic heterocycles. The number of nitrogen functional groups attached to an aromatic ring is 1. The summed E-state index contributed by atoms with van der Waals surface area (Å²) in [6.45, 7) is 2.15. The summed E-state index contributed by atoms with van der Waals surface area (Å²) in [7, 11) is 0. The van der Waals surface area contributed by atoms with Crippen LogP contribution in [0.4, 0.5) is 5.13 Å². The van der Waals surface area contributed by atoms with Crippen LogP contribution in [0.25, 0.3) is 0 Å². The standard InChI is InChI=1S/C19H18N4O2S/c1-13-17(26-19(20)22-13)18(24)23-21-11-14-7-5-6-8-15(14)12-25-16-9-3-2-4-10-16/h2-11H,12H2,1H3,(H2,20,22)(H,23,24)/b21-11-. The number of carbonyl (C=O) groups excluding carboxylic acids is 1. The Kier molecular flexibility index (Phi) is 5.60. The van der Waals surface area contributed by atoms with Gasteiger partial charge in [0.25, 0.3) is 5.91 Å². The Morgan fingerprint density at radius 3 is 2.69 bits per heavy atom. The number of aryl methyl sites for hydroxylation is 1. The van der Waals surface area contributed by atoms with Crippen LogP contribution in [0.2, 0.25) is 0 Å². The Labute approximate surface area is 155 Å². The predicted molar refractivity (Wildman–Crippen MR) is 104 cm³/mol. The molecule has 6 nitrogen and oxygen atoms in total. The van der Waals surface area contributed by atoms with E-state index in [-0.39, 0.29) is 5.91 Å². The second kappa shape index (κ2) is 8.26. The Hall–Kier alpha value is -3.19. The summed E-state index contributed by atoms with van der Waals surface area (Å²) in [5.41, 5.74) is 10.5. The van der Waals surface area contributed by atoms with Crippen molar-refractivity contribution in [3.63, 3.8) is 0 Å². The fraction of sp³-hybridized carbons (Fsp3) is 0.105. The average molecular weight is 366 g/mol. The predicted octanol–water partition coefficient (Wildman–Crippen LogP) is 3.38. The number of hydrazone groups is 1. The number of para-hydroxylation sites is 1. The van der Waals surface area contributed by atoms with Crippen molar-refractivity contribution in [2.24, 2.45) is 5.10 Å². The number of carbonyl (C=O) groups is 1. The van der Waals surface area contributed by atoms with Crippen LogP contribution in [0.3, 0.4) is 0 Å². The van der Waals surface area contributed by atoms with Gasteiger partial charge in [0.1, 0.15) is 17.2 Å². The third-order valence-electron chi connectivity index (χ3n) is 3.58. The number of amides is 1. The zero-order valence-electron chi connectivity index (χ0n) is 14.2. The van der Waals surface area contributed by atoms with Crippen LogP contribution in [0.15, 0.2) is 59.7 Å². The first-order chi connectivity index (χ1) is 12.6. The van der Waals surface area contributed by atoms with Crippen molar-refractivity contribution < 1.29 is 9.53 Å². The van der Waals surface area contributed by atoms with E-state index in [4.69, 9.17) is 10.5 Å². The number of ether oxygens (including phenoxy) is 1. The van der Waals surface area contributed by atoms with Gasteiger partial charge in [0, 0.05) is 5.56 Å². The van der Waals surface area contributed by atoms with Gasteiger partial charge < -0.3 is 10.5 Å². The lowest BCUT2D eigenvalue weighted by atomic mass is 10.1. The Balaban J connectivity index is 1.65. The molecule has 0 saturated heterocycles. The maximum atomic E-state index is 12.1. The quantitative estimate of drug-likeness (QED) is 0.517. The third kappa shape index (κ3) is 4.46. The molecule has 0 radical (unpaired) electrons. The highest BCUT2D eigenvalue weighted by Crippen LogP contribution is 2.19. The maximum Gasteiger partial charge on any atom is 0.283 e. The first-order valence-corrected chi connectivity index (χ1v) is 8.77. The van der Waals surface area contributed by atoms with E-state index in [0.29, 0.717) is 22.3 Å². The van der Waals surface area contributed by atoms with Crippen molar-refractivity contribution in [2.45, 2.75) is 13.5 Å². The lowest BCUT2D eigenvalue weighted by Crippen LogP contribution is -2.17. The van der Waals surface area contributed by atoms with Gasteiger partial charge in [0.05, 0.1) is 11.9 Å². The molecule has 26 heavy (non-hydrogen) atoms. The summed E-state index contributed by atoms with van der Waals surface area (Å²) in [6, 6.07) is 17.3. The summed E-state index contributed by atoms with van der Waals surface area (Å²) in [5.74, 6) is 0.469. The fourth-order valence-corrected chi connectivity index (χ4v) is 3.03. The molecular weight excluding hydrogens is 348 g/mol. The highest BCUT2D eigenvalue weighted by Gasteiger charge is 2.13. The van der Waals surface area contributed by atoms with Gasteiger partial charge >= 0.3 is 0 Å². The van der Waals surface area contributed by atoms with Crippen molar-refractivity contribution in [1.82, 2.24) is 10.4 Å². The van der Waals surface area contributed by atoms with E-state index in [1.54, 1.807) is 13.1 Å². The molecule has 0 aliphatic heterocycles. The molecule has 0 bridgehead atoms. The van der Waals surface area contributed by atoms with Crippen LogP contribution in [0.1, 0.15) is 26.5 Å². The molecule has 3 N–H and O–H groups in total. The van der Waals surface area contributed by atoms with Gasteiger partial charge in [0.15, 0.2) is 5.13 Å². The summed E-state index contributed by atoms with van der Waals surface area (Å²) in [4.78, 5) is 16.6. The van der Waals surface area contributed by atoms with E-state index in [0.717, 1.165) is 28.2 Å². The van der Waals surface area contributed by atoms with Crippen LogP contribution in [-0.4, -0.2) is 17.1 Å². The molecule has 0 atom stereocenters. The SMILES string of the molecule is Cc1nc(N)sc1C(=O)N/N=C\c1ccccc1COc1ccccc1. The van der Waals surface area contributed by atoms with Gasteiger partial charge in [0.2, 0.25) is 0 Å². The number of nitrogens with two attached hydrogens (primary N) is 1. The average Bonchev–Trinajstić information content (AvgIpc) is 3.00. The number of hydrogen-bond acceptors (Lipinski definition) is 6. The molecule has 7 heteroatoms. The Bertz CT molecular complexity index is 922. The summed E-state index contributed by atoms with van der Waals surface area (Å²) in [6.07, 6.45) is 1.60. The van der Waals surface area contributed by atoms with Gasteiger partial charge in [-0.2, -0.15) is 5.10 Å². The minimum Gasteiger partial charge on any atom is -0.489 e. The molecule has 0 spiro atoms. The van der Waals surface area contributed by atoms with E-state index in [2.05, 4.69) is 15.5 Å². The molecule has 1 heterocycles. The largest absolute Gasteiger partial charge is 0.489 e. The smallest absolute Gasteiger partial charge is 0.283 e. The Morgan fingerprint density at radius 2 is 1.96 bits per heavy atom. The van der Waals surface area contributed by atoms with Crippen LogP contribution >= 0.6 is 11.3 Å². The number of benzene rings is 2. The minimum absolute atomic E-state index is 0.328. The summed E-state index contributed by atoms with van der Waals surface area (Å²) in [5, 5.41) is 4.40. The number of nitrogens with zero attached hydrogens (tertiary/aromatic N) is 2. The highest BCUT2D eigenvalue weighted by molar-refractivity contribution is 7.17. The van der Waals surface area contributed by atoms with Crippen molar-refractivity contribution in [3.8, 4) is 5.75 Å². The van der Waals surface area contributed by atoms with E-state index in [1.165, 1.54) is 0 Å². The number of anilines is 1. The van der Waals surface area contributed by atoms with Crippen LogP contribution in [0.5, 0.6) is 5.75 Å². The topological polar surface area (TPSA) is 89.6 Å². The minimum atomic E-state index is -0.328. The fourth-order valence-electron chi connectivity index (χ4n) is 2.31.